The summed E-state index contributed by atoms with van der Waals surface area (Å²) in [5, 5.41) is 0. The van der Waals surface area contributed by atoms with E-state index in [1.165, 1.54) is 6.07 Å². The van der Waals surface area contributed by atoms with Crippen LogP contribution in [0, 0.1) is 12.7 Å². The van der Waals surface area contributed by atoms with Gasteiger partial charge in [0.2, 0.25) is 0 Å². The van der Waals surface area contributed by atoms with Gasteiger partial charge in [0.1, 0.15) is 17.3 Å². The molecule has 2 rings (SSSR count). The van der Waals surface area contributed by atoms with Crippen molar-refractivity contribution in [1.82, 2.24) is 0 Å². The van der Waals surface area contributed by atoms with Gasteiger partial charge in [-0.3, -0.25) is 0 Å². The summed E-state index contributed by atoms with van der Waals surface area (Å²) in [4.78, 5) is 0. The molecule has 0 atom stereocenters. The van der Waals surface area contributed by atoms with Gasteiger partial charge in [0.15, 0.2) is 0 Å². The van der Waals surface area contributed by atoms with Crippen LogP contribution in [0.5, 0.6) is 11.5 Å². The molecule has 0 fully saturated rings. The van der Waals surface area contributed by atoms with E-state index >= 15 is 0 Å². The van der Waals surface area contributed by atoms with Crippen molar-refractivity contribution in [3.63, 3.8) is 0 Å². The monoisotopic (exact) mass is 302 g/mol. The Bertz CT molecular complexity index is 596. The SMILES string of the molecule is CCCCOc1cccc(CCOc2ccc(C)c(F)c2)c1. The molecule has 0 unspecified atom stereocenters. The zero-order valence-corrected chi connectivity index (χ0v) is 13.3. The van der Waals surface area contributed by atoms with Crippen LogP contribution < -0.4 is 9.47 Å². The second-order valence-corrected chi connectivity index (χ2v) is 5.36. The van der Waals surface area contributed by atoms with Crippen LogP contribution in [0.4, 0.5) is 4.39 Å². The highest BCUT2D eigenvalue weighted by Crippen LogP contribution is 2.17. The van der Waals surface area contributed by atoms with Gasteiger partial charge < -0.3 is 9.47 Å². The summed E-state index contributed by atoms with van der Waals surface area (Å²) in [6.45, 7) is 5.15. The molecule has 0 aromatic heterocycles. The molecule has 3 heteroatoms. The summed E-state index contributed by atoms with van der Waals surface area (Å²) >= 11 is 0. The third kappa shape index (κ3) is 5.06. The lowest BCUT2D eigenvalue weighted by atomic mass is 10.1. The summed E-state index contributed by atoms with van der Waals surface area (Å²) in [5.41, 5.74) is 1.78. The van der Waals surface area contributed by atoms with Crippen LogP contribution in [0.2, 0.25) is 0 Å². The average molecular weight is 302 g/mol. The number of rotatable bonds is 8. The van der Waals surface area contributed by atoms with E-state index in [1.54, 1.807) is 19.1 Å². The van der Waals surface area contributed by atoms with Crippen LogP contribution in [-0.4, -0.2) is 13.2 Å². The van der Waals surface area contributed by atoms with E-state index in [9.17, 15) is 4.39 Å². The fourth-order valence-electron chi connectivity index (χ4n) is 2.08. The van der Waals surface area contributed by atoms with Crippen molar-refractivity contribution >= 4 is 0 Å². The number of benzene rings is 2. The van der Waals surface area contributed by atoms with Crippen LogP contribution >= 0.6 is 0 Å². The van der Waals surface area contributed by atoms with Crippen molar-refractivity contribution in [2.45, 2.75) is 33.1 Å². The fourth-order valence-corrected chi connectivity index (χ4v) is 2.08. The van der Waals surface area contributed by atoms with Crippen molar-refractivity contribution in [2.75, 3.05) is 13.2 Å². The molecule has 2 aromatic carbocycles. The Morgan fingerprint density at radius 1 is 0.955 bits per heavy atom. The summed E-state index contributed by atoms with van der Waals surface area (Å²) in [7, 11) is 0. The van der Waals surface area contributed by atoms with Gasteiger partial charge in [0.05, 0.1) is 13.2 Å². The van der Waals surface area contributed by atoms with Crippen molar-refractivity contribution in [2.24, 2.45) is 0 Å². The molecule has 0 spiro atoms. The van der Waals surface area contributed by atoms with Crippen molar-refractivity contribution in [3.8, 4) is 11.5 Å². The summed E-state index contributed by atoms with van der Waals surface area (Å²) in [5.74, 6) is 1.23. The topological polar surface area (TPSA) is 18.5 Å². The molecule has 2 nitrogen and oxygen atoms in total. The molecule has 0 saturated heterocycles. The summed E-state index contributed by atoms with van der Waals surface area (Å²) in [6.07, 6.45) is 2.95. The van der Waals surface area contributed by atoms with Gasteiger partial charge >= 0.3 is 0 Å². The van der Waals surface area contributed by atoms with E-state index in [2.05, 4.69) is 6.92 Å². The van der Waals surface area contributed by atoms with E-state index in [-0.39, 0.29) is 5.82 Å². The Labute approximate surface area is 131 Å². The molecule has 0 saturated carbocycles. The second kappa shape index (κ2) is 8.42. The molecule has 0 radical (unpaired) electrons. The first-order valence-electron chi connectivity index (χ1n) is 7.79. The highest BCUT2D eigenvalue weighted by atomic mass is 19.1. The third-order valence-corrected chi connectivity index (χ3v) is 3.47. The molecule has 0 N–H and O–H groups in total. The van der Waals surface area contributed by atoms with Gasteiger partial charge in [-0.2, -0.15) is 0 Å². The van der Waals surface area contributed by atoms with Gasteiger partial charge in [-0.05, 0) is 42.7 Å². The Balaban J connectivity index is 1.83. The number of halogens is 1. The minimum absolute atomic E-state index is 0.233. The Hall–Kier alpha value is -2.03. The van der Waals surface area contributed by atoms with Crippen LogP contribution in [0.25, 0.3) is 0 Å². The van der Waals surface area contributed by atoms with E-state index in [1.807, 2.05) is 24.3 Å². The second-order valence-electron chi connectivity index (χ2n) is 5.36. The normalized spacial score (nSPS) is 10.5. The van der Waals surface area contributed by atoms with Gasteiger partial charge in [0, 0.05) is 12.5 Å². The summed E-state index contributed by atoms with van der Waals surface area (Å²) in [6, 6.07) is 13.0. The molecular weight excluding hydrogens is 279 g/mol. The molecule has 0 bridgehead atoms. The lowest BCUT2D eigenvalue weighted by molar-refractivity contribution is 0.307. The minimum atomic E-state index is -0.233. The molecule has 22 heavy (non-hydrogen) atoms. The standard InChI is InChI=1S/C19H23FO2/c1-3-4-11-21-17-7-5-6-16(13-17)10-12-22-18-9-8-15(2)19(20)14-18/h5-9,13-14H,3-4,10-12H2,1-2H3. The summed E-state index contributed by atoms with van der Waals surface area (Å²) < 4.78 is 24.7. The first-order chi connectivity index (χ1) is 10.7. The van der Waals surface area contributed by atoms with E-state index in [0.717, 1.165) is 37.2 Å². The fraction of sp³-hybridized carbons (Fsp3) is 0.368. The lowest BCUT2D eigenvalue weighted by Gasteiger charge is -2.09. The lowest BCUT2D eigenvalue weighted by Crippen LogP contribution is -2.02. The van der Waals surface area contributed by atoms with Crippen molar-refractivity contribution in [1.29, 1.82) is 0 Å². The molecule has 2 aromatic rings. The molecule has 0 aliphatic carbocycles. The van der Waals surface area contributed by atoms with Gasteiger partial charge in [-0.25, -0.2) is 4.39 Å². The van der Waals surface area contributed by atoms with Crippen LogP contribution in [0.15, 0.2) is 42.5 Å². The number of hydrogen-bond acceptors (Lipinski definition) is 2. The van der Waals surface area contributed by atoms with Gasteiger partial charge in [-0.15, -0.1) is 0 Å². The van der Waals surface area contributed by atoms with Crippen LogP contribution in [0.3, 0.4) is 0 Å². The molecule has 0 aliphatic rings. The first kappa shape index (κ1) is 16.3. The molecule has 0 amide bonds. The molecular formula is C19H23FO2. The third-order valence-electron chi connectivity index (χ3n) is 3.47. The predicted molar refractivity (Wildman–Crippen MR) is 87.2 cm³/mol. The van der Waals surface area contributed by atoms with E-state index in [0.29, 0.717) is 17.9 Å². The number of ether oxygens (including phenoxy) is 2. The average Bonchev–Trinajstić information content (AvgIpc) is 2.52. The Morgan fingerprint density at radius 2 is 1.73 bits per heavy atom. The van der Waals surface area contributed by atoms with E-state index < -0.39 is 0 Å². The molecule has 118 valence electrons. The minimum Gasteiger partial charge on any atom is -0.494 e. The maximum atomic E-state index is 13.4. The molecule has 0 aliphatic heterocycles. The van der Waals surface area contributed by atoms with Crippen LogP contribution in [-0.2, 0) is 6.42 Å². The van der Waals surface area contributed by atoms with Crippen molar-refractivity contribution < 1.29 is 13.9 Å². The van der Waals surface area contributed by atoms with Gasteiger partial charge in [0.25, 0.3) is 0 Å². The van der Waals surface area contributed by atoms with Crippen molar-refractivity contribution in [3.05, 3.63) is 59.4 Å². The largest absolute Gasteiger partial charge is 0.494 e. The Morgan fingerprint density at radius 3 is 2.50 bits per heavy atom. The zero-order valence-electron chi connectivity index (χ0n) is 13.3. The highest BCUT2D eigenvalue weighted by Gasteiger charge is 2.02. The van der Waals surface area contributed by atoms with Gasteiger partial charge in [-0.1, -0.05) is 31.5 Å². The number of aryl methyl sites for hydroxylation is 1. The zero-order chi connectivity index (χ0) is 15.8. The first-order valence-corrected chi connectivity index (χ1v) is 7.79. The quantitative estimate of drug-likeness (QED) is 0.643. The maximum Gasteiger partial charge on any atom is 0.129 e. The predicted octanol–water partition coefficient (Wildman–Crippen LogP) is 4.93. The Kier molecular flexibility index (Phi) is 6.26. The maximum absolute atomic E-state index is 13.4. The highest BCUT2D eigenvalue weighted by molar-refractivity contribution is 5.30. The van der Waals surface area contributed by atoms with E-state index in [4.69, 9.17) is 9.47 Å². The smallest absolute Gasteiger partial charge is 0.129 e. The number of hydrogen-bond donors (Lipinski definition) is 0. The van der Waals surface area contributed by atoms with Crippen LogP contribution in [0.1, 0.15) is 30.9 Å². The number of unbranched alkanes of at least 4 members (excludes halogenated alkanes) is 1. The molecule has 0 heterocycles.